The molecule has 0 spiro atoms. The van der Waals surface area contributed by atoms with Crippen molar-refractivity contribution >= 4 is 27.4 Å². The lowest BCUT2D eigenvalue weighted by molar-refractivity contribution is -0.119. The monoisotopic (exact) mass is 301 g/mol. The summed E-state index contributed by atoms with van der Waals surface area (Å²) in [7, 11) is -3.21. The van der Waals surface area contributed by atoms with Gasteiger partial charge in [0.2, 0.25) is 5.91 Å². The van der Waals surface area contributed by atoms with E-state index in [0.29, 0.717) is 0 Å². The van der Waals surface area contributed by atoms with Gasteiger partial charge in [0.25, 0.3) is 0 Å². The zero-order valence-corrected chi connectivity index (χ0v) is 11.1. The third kappa shape index (κ3) is 3.13. The van der Waals surface area contributed by atoms with E-state index in [-0.39, 0.29) is 29.2 Å². The third-order valence-electron chi connectivity index (χ3n) is 3.07. The zero-order chi connectivity index (χ0) is 14.9. The Morgan fingerprint density at radius 3 is 2.60 bits per heavy atom. The molecule has 1 atom stereocenters. The van der Waals surface area contributed by atoms with E-state index >= 15 is 0 Å². The molecule has 6 nitrogen and oxygen atoms in total. The number of aromatic carboxylic acids is 1. The molecular weight excluding hydrogens is 289 g/mol. The Bertz CT molecular complexity index is 670. The lowest BCUT2D eigenvalue weighted by Gasteiger charge is -2.10. The minimum absolute atomic E-state index is 0.0667. The second kappa shape index (κ2) is 5.20. The van der Waals surface area contributed by atoms with E-state index in [2.05, 4.69) is 5.32 Å². The number of rotatable bonds is 3. The van der Waals surface area contributed by atoms with Crippen molar-refractivity contribution in [3.05, 3.63) is 29.6 Å². The largest absolute Gasteiger partial charge is 0.478 e. The maximum absolute atomic E-state index is 13.5. The van der Waals surface area contributed by atoms with Crippen LogP contribution in [0.15, 0.2) is 18.2 Å². The first-order valence-electron chi connectivity index (χ1n) is 5.82. The molecule has 1 aromatic carbocycles. The predicted molar refractivity (Wildman–Crippen MR) is 68.7 cm³/mol. The van der Waals surface area contributed by atoms with E-state index in [9.17, 15) is 22.4 Å². The van der Waals surface area contributed by atoms with Crippen molar-refractivity contribution in [1.82, 2.24) is 0 Å². The summed E-state index contributed by atoms with van der Waals surface area (Å²) < 4.78 is 36.1. The van der Waals surface area contributed by atoms with Gasteiger partial charge in [-0.2, -0.15) is 0 Å². The number of carboxylic acids is 1. The molecule has 1 fully saturated rings. The number of benzene rings is 1. The van der Waals surface area contributed by atoms with Crippen LogP contribution in [0.1, 0.15) is 16.8 Å². The fourth-order valence-electron chi connectivity index (χ4n) is 1.99. The molecule has 2 rings (SSSR count). The Labute approximate surface area is 114 Å². The van der Waals surface area contributed by atoms with Gasteiger partial charge in [0.15, 0.2) is 9.84 Å². The van der Waals surface area contributed by atoms with Gasteiger partial charge >= 0.3 is 5.97 Å². The number of hydrogen-bond acceptors (Lipinski definition) is 4. The van der Waals surface area contributed by atoms with Crippen LogP contribution in [0.4, 0.5) is 10.1 Å². The van der Waals surface area contributed by atoms with Crippen molar-refractivity contribution < 1.29 is 27.5 Å². The van der Waals surface area contributed by atoms with Crippen molar-refractivity contribution in [3.63, 3.8) is 0 Å². The van der Waals surface area contributed by atoms with Gasteiger partial charge in [0, 0.05) is 0 Å². The number of halogens is 1. The molecule has 20 heavy (non-hydrogen) atoms. The Balaban J connectivity index is 2.16. The number of anilines is 1. The molecule has 0 aliphatic carbocycles. The van der Waals surface area contributed by atoms with E-state index < -0.39 is 33.4 Å². The zero-order valence-electron chi connectivity index (χ0n) is 10.3. The molecule has 1 saturated heterocycles. The normalized spacial score (nSPS) is 20.6. The number of hydrogen-bond donors (Lipinski definition) is 2. The number of carboxylic acid groups (broad SMARTS) is 1. The van der Waals surface area contributed by atoms with Crippen molar-refractivity contribution in [2.75, 3.05) is 16.8 Å². The minimum Gasteiger partial charge on any atom is -0.478 e. The maximum Gasteiger partial charge on any atom is 0.335 e. The second-order valence-electron chi connectivity index (χ2n) is 4.59. The first-order valence-corrected chi connectivity index (χ1v) is 7.65. The standard InChI is InChI=1S/C12H12FNO5S/c13-9-2-1-7(12(16)17)5-10(9)14-11(15)8-3-4-20(18,19)6-8/h1-2,5,8H,3-4,6H2,(H,14,15)(H,16,17). The summed E-state index contributed by atoms with van der Waals surface area (Å²) in [6.45, 7) is 0. The fourth-order valence-corrected chi connectivity index (χ4v) is 3.73. The van der Waals surface area contributed by atoms with Gasteiger partial charge in [-0.1, -0.05) is 0 Å². The lowest BCUT2D eigenvalue weighted by Crippen LogP contribution is -2.24. The van der Waals surface area contributed by atoms with Crippen LogP contribution in [0, 0.1) is 11.7 Å². The average molecular weight is 301 g/mol. The molecule has 1 amide bonds. The SMILES string of the molecule is O=C(O)c1ccc(F)c(NC(=O)C2CCS(=O)(=O)C2)c1. The van der Waals surface area contributed by atoms with Crippen LogP contribution < -0.4 is 5.32 Å². The number of carbonyl (C=O) groups is 2. The van der Waals surface area contributed by atoms with Crippen LogP contribution in [-0.4, -0.2) is 36.9 Å². The van der Waals surface area contributed by atoms with Crippen LogP contribution >= 0.6 is 0 Å². The number of sulfone groups is 1. The molecule has 1 aromatic rings. The van der Waals surface area contributed by atoms with E-state index in [4.69, 9.17) is 5.11 Å². The van der Waals surface area contributed by atoms with Crippen LogP contribution in [0.3, 0.4) is 0 Å². The molecular formula is C12H12FNO5S. The summed E-state index contributed by atoms with van der Waals surface area (Å²) in [5, 5.41) is 11.0. The maximum atomic E-state index is 13.5. The molecule has 1 aliphatic rings. The predicted octanol–water partition coefficient (Wildman–Crippen LogP) is 0.897. The Morgan fingerprint density at radius 1 is 1.35 bits per heavy atom. The first kappa shape index (κ1) is 14.4. The quantitative estimate of drug-likeness (QED) is 0.863. The number of nitrogens with one attached hydrogen (secondary N) is 1. The molecule has 1 aliphatic heterocycles. The summed E-state index contributed by atoms with van der Waals surface area (Å²) in [4.78, 5) is 22.6. The van der Waals surface area contributed by atoms with Crippen molar-refractivity contribution in [2.45, 2.75) is 6.42 Å². The molecule has 2 N–H and O–H groups in total. The highest BCUT2D eigenvalue weighted by atomic mass is 32.2. The summed E-state index contributed by atoms with van der Waals surface area (Å²) in [6.07, 6.45) is 0.189. The fraction of sp³-hybridized carbons (Fsp3) is 0.333. The van der Waals surface area contributed by atoms with Gasteiger partial charge in [-0.15, -0.1) is 0 Å². The average Bonchev–Trinajstić information content (AvgIpc) is 2.72. The summed E-state index contributed by atoms with van der Waals surface area (Å²) >= 11 is 0. The van der Waals surface area contributed by atoms with E-state index in [1.165, 1.54) is 0 Å². The van der Waals surface area contributed by atoms with Crippen molar-refractivity contribution in [2.24, 2.45) is 5.92 Å². The molecule has 0 saturated carbocycles. The minimum atomic E-state index is -3.21. The smallest absolute Gasteiger partial charge is 0.335 e. The van der Waals surface area contributed by atoms with Gasteiger partial charge in [0.1, 0.15) is 5.82 Å². The molecule has 0 radical (unpaired) electrons. The summed E-state index contributed by atoms with van der Waals surface area (Å²) in [6, 6.07) is 3.01. The van der Waals surface area contributed by atoms with Crippen molar-refractivity contribution in [3.8, 4) is 0 Å². The van der Waals surface area contributed by atoms with E-state index in [1.54, 1.807) is 0 Å². The number of carbonyl (C=O) groups excluding carboxylic acids is 1. The van der Waals surface area contributed by atoms with E-state index in [1.807, 2.05) is 0 Å². The Morgan fingerprint density at radius 2 is 2.05 bits per heavy atom. The van der Waals surface area contributed by atoms with Crippen LogP contribution in [0.5, 0.6) is 0 Å². The van der Waals surface area contributed by atoms with E-state index in [0.717, 1.165) is 18.2 Å². The van der Waals surface area contributed by atoms with Gasteiger partial charge in [-0.05, 0) is 24.6 Å². The molecule has 108 valence electrons. The highest BCUT2D eigenvalue weighted by Crippen LogP contribution is 2.22. The molecule has 1 heterocycles. The summed E-state index contributed by atoms with van der Waals surface area (Å²) in [5.41, 5.74) is -0.431. The van der Waals surface area contributed by atoms with Crippen LogP contribution in [0.25, 0.3) is 0 Å². The van der Waals surface area contributed by atoms with Crippen LogP contribution in [0.2, 0.25) is 0 Å². The van der Waals surface area contributed by atoms with Gasteiger partial charge in [-0.3, -0.25) is 4.79 Å². The summed E-state index contributed by atoms with van der Waals surface area (Å²) in [5.74, 6) is -3.70. The molecule has 0 aromatic heterocycles. The Kier molecular flexibility index (Phi) is 3.76. The number of amides is 1. The molecule has 8 heteroatoms. The first-order chi connectivity index (χ1) is 9.28. The highest BCUT2D eigenvalue weighted by molar-refractivity contribution is 7.91. The Hall–Kier alpha value is -1.96. The topological polar surface area (TPSA) is 101 Å². The highest BCUT2D eigenvalue weighted by Gasteiger charge is 2.33. The second-order valence-corrected chi connectivity index (χ2v) is 6.82. The van der Waals surface area contributed by atoms with Crippen molar-refractivity contribution in [1.29, 1.82) is 0 Å². The molecule has 0 bridgehead atoms. The van der Waals surface area contributed by atoms with Gasteiger partial charge < -0.3 is 10.4 Å². The van der Waals surface area contributed by atoms with Gasteiger partial charge in [-0.25, -0.2) is 17.6 Å². The van der Waals surface area contributed by atoms with Crippen LogP contribution in [-0.2, 0) is 14.6 Å². The van der Waals surface area contributed by atoms with Gasteiger partial charge in [0.05, 0.1) is 28.7 Å². The molecule has 1 unspecified atom stereocenters. The lowest BCUT2D eigenvalue weighted by atomic mass is 10.1. The third-order valence-corrected chi connectivity index (χ3v) is 4.84.